The van der Waals surface area contributed by atoms with Gasteiger partial charge in [0.2, 0.25) is 0 Å². The van der Waals surface area contributed by atoms with Crippen LogP contribution >= 0.6 is 0 Å². The van der Waals surface area contributed by atoms with Gasteiger partial charge in [-0.05, 0) is 57.1 Å². The number of hydrogen-bond donors (Lipinski definition) is 0. The topological polar surface area (TPSA) is 43.4 Å². The van der Waals surface area contributed by atoms with E-state index in [2.05, 4.69) is 48.1 Å². The maximum atomic E-state index is 12.2. The molecule has 1 aromatic carbocycles. The molecule has 1 aliphatic rings. The van der Waals surface area contributed by atoms with Crippen LogP contribution < -0.4 is 0 Å². The highest BCUT2D eigenvalue weighted by atomic mass is 16.5. The third-order valence-corrected chi connectivity index (χ3v) is 5.69. The number of unbranched alkanes of at least 4 members (excludes halogenated alkanes) is 6. The van der Waals surface area contributed by atoms with Crippen LogP contribution in [-0.4, -0.2) is 18.9 Å². The van der Waals surface area contributed by atoms with Crippen molar-refractivity contribution in [2.45, 2.75) is 77.6 Å². The van der Waals surface area contributed by atoms with Crippen LogP contribution in [0.2, 0.25) is 0 Å². The fourth-order valence-corrected chi connectivity index (χ4v) is 3.84. The van der Waals surface area contributed by atoms with Gasteiger partial charge < -0.3 is 4.74 Å². The maximum Gasteiger partial charge on any atom is 0.305 e. The zero-order chi connectivity index (χ0) is 20.9. The number of allylic oxidation sites excluding steroid dienone is 4. The Morgan fingerprint density at radius 2 is 1.72 bits per heavy atom. The lowest BCUT2D eigenvalue weighted by atomic mass is 9.94. The predicted molar refractivity (Wildman–Crippen MR) is 119 cm³/mol. The van der Waals surface area contributed by atoms with Gasteiger partial charge in [0.05, 0.1) is 7.11 Å². The van der Waals surface area contributed by atoms with Gasteiger partial charge in [0.25, 0.3) is 0 Å². The summed E-state index contributed by atoms with van der Waals surface area (Å²) in [5.74, 6) is 0.356. The van der Waals surface area contributed by atoms with Gasteiger partial charge in [-0.15, -0.1) is 0 Å². The number of methoxy groups -OCH3 is 1. The highest BCUT2D eigenvalue weighted by Crippen LogP contribution is 2.28. The van der Waals surface area contributed by atoms with Crippen molar-refractivity contribution in [1.29, 1.82) is 0 Å². The molecule has 1 aromatic rings. The van der Waals surface area contributed by atoms with E-state index in [1.807, 2.05) is 0 Å². The fourth-order valence-electron chi connectivity index (χ4n) is 3.84. The maximum absolute atomic E-state index is 12.2. The zero-order valence-electron chi connectivity index (χ0n) is 18.1. The summed E-state index contributed by atoms with van der Waals surface area (Å²) < 4.78 is 4.66. The third-order valence-electron chi connectivity index (χ3n) is 5.69. The Balaban J connectivity index is 1.60. The van der Waals surface area contributed by atoms with Gasteiger partial charge in [0.1, 0.15) is 0 Å². The van der Waals surface area contributed by atoms with Crippen LogP contribution in [0.3, 0.4) is 0 Å². The molecule has 1 aliphatic carbocycles. The molecule has 0 aliphatic heterocycles. The van der Waals surface area contributed by atoms with Crippen LogP contribution in [0.1, 0.15) is 75.3 Å². The van der Waals surface area contributed by atoms with Crippen LogP contribution in [0.15, 0.2) is 48.1 Å². The Morgan fingerprint density at radius 3 is 2.48 bits per heavy atom. The van der Waals surface area contributed by atoms with E-state index in [-0.39, 0.29) is 17.7 Å². The number of carbonyl (C=O) groups excluding carboxylic acids is 2. The summed E-state index contributed by atoms with van der Waals surface area (Å²) >= 11 is 0. The Bertz CT molecular complexity index is 697. The molecular formula is C26H36O3. The number of aryl methyl sites for hydroxylation is 2. The molecule has 2 rings (SSSR count). The van der Waals surface area contributed by atoms with Gasteiger partial charge in [-0.1, -0.05) is 67.7 Å². The molecule has 3 nitrogen and oxygen atoms in total. The largest absolute Gasteiger partial charge is 0.469 e. The normalized spacial score (nSPS) is 17.2. The third kappa shape index (κ3) is 8.81. The molecule has 0 unspecified atom stereocenters. The van der Waals surface area contributed by atoms with Gasteiger partial charge in [-0.25, -0.2) is 0 Å². The predicted octanol–water partition coefficient (Wildman–Crippen LogP) is 6.29. The first-order valence-corrected chi connectivity index (χ1v) is 11.1. The van der Waals surface area contributed by atoms with E-state index in [0.717, 1.165) is 56.9 Å². The molecule has 0 radical (unpaired) electrons. The van der Waals surface area contributed by atoms with Crippen molar-refractivity contribution in [2.75, 3.05) is 7.11 Å². The van der Waals surface area contributed by atoms with E-state index in [9.17, 15) is 9.59 Å². The minimum atomic E-state index is -0.126. The van der Waals surface area contributed by atoms with Gasteiger partial charge >= 0.3 is 5.97 Å². The second-order valence-electron chi connectivity index (χ2n) is 8.10. The Hall–Kier alpha value is -2.16. The van der Waals surface area contributed by atoms with E-state index < -0.39 is 0 Å². The fraction of sp³-hybridized carbons (Fsp3) is 0.538. The lowest BCUT2D eigenvalue weighted by Crippen LogP contribution is -2.03. The summed E-state index contributed by atoms with van der Waals surface area (Å²) in [6, 6.07) is 8.80. The van der Waals surface area contributed by atoms with Crippen molar-refractivity contribution < 1.29 is 14.3 Å². The quantitative estimate of drug-likeness (QED) is 0.223. The molecule has 0 amide bonds. The molecule has 1 atom stereocenters. The van der Waals surface area contributed by atoms with E-state index in [1.54, 1.807) is 6.08 Å². The van der Waals surface area contributed by atoms with Crippen molar-refractivity contribution in [2.24, 2.45) is 5.92 Å². The van der Waals surface area contributed by atoms with Gasteiger partial charge in [-0.3, -0.25) is 9.59 Å². The van der Waals surface area contributed by atoms with Crippen LogP contribution in [0.5, 0.6) is 0 Å². The molecule has 0 spiro atoms. The second-order valence-corrected chi connectivity index (χ2v) is 8.10. The number of ketones is 1. The molecule has 29 heavy (non-hydrogen) atoms. The summed E-state index contributed by atoms with van der Waals surface area (Å²) in [5, 5.41) is 0. The average molecular weight is 397 g/mol. The second kappa shape index (κ2) is 13.1. The summed E-state index contributed by atoms with van der Waals surface area (Å²) in [4.78, 5) is 23.3. The number of esters is 1. The standard InChI is InChI=1S/C26H36O3/c1-21-15-17-22(18-16-21)11-7-3-5-9-13-24-23(19-20-25(24)27)12-8-4-6-10-14-26(28)29-2/h13,15-20,23H,3-12,14H2,1-2H3/b24-13-/t23-/m1/s1. The molecule has 0 fully saturated rings. The summed E-state index contributed by atoms with van der Waals surface area (Å²) in [7, 11) is 1.43. The Labute approximate surface area is 176 Å². The van der Waals surface area contributed by atoms with Crippen LogP contribution in [0.4, 0.5) is 0 Å². The number of ether oxygens (including phenoxy) is 1. The first-order chi connectivity index (χ1) is 14.1. The monoisotopic (exact) mass is 396 g/mol. The molecule has 3 heteroatoms. The van der Waals surface area contributed by atoms with E-state index in [4.69, 9.17) is 0 Å². The first kappa shape index (κ1) is 23.1. The summed E-state index contributed by atoms with van der Waals surface area (Å²) in [6.45, 7) is 2.12. The first-order valence-electron chi connectivity index (χ1n) is 11.1. The lowest BCUT2D eigenvalue weighted by molar-refractivity contribution is -0.140. The molecule has 0 saturated heterocycles. The molecule has 0 heterocycles. The molecule has 0 N–H and O–H groups in total. The van der Waals surface area contributed by atoms with E-state index in [1.165, 1.54) is 31.1 Å². The molecule has 0 bridgehead atoms. The number of hydrogen-bond acceptors (Lipinski definition) is 3. The van der Waals surface area contributed by atoms with Crippen molar-refractivity contribution in [3.63, 3.8) is 0 Å². The van der Waals surface area contributed by atoms with E-state index >= 15 is 0 Å². The highest BCUT2D eigenvalue weighted by molar-refractivity contribution is 6.07. The SMILES string of the molecule is COC(=O)CCCCCC[C@@H]1C=CC(=O)/C1=C\CCCCCc1ccc(C)cc1. The van der Waals surface area contributed by atoms with Gasteiger partial charge in [-0.2, -0.15) is 0 Å². The van der Waals surface area contributed by atoms with Gasteiger partial charge in [0, 0.05) is 17.9 Å². The van der Waals surface area contributed by atoms with Crippen molar-refractivity contribution in [3.8, 4) is 0 Å². The van der Waals surface area contributed by atoms with E-state index in [0.29, 0.717) is 6.42 Å². The van der Waals surface area contributed by atoms with Crippen molar-refractivity contribution in [1.82, 2.24) is 0 Å². The minimum Gasteiger partial charge on any atom is -0.469 e. The smallest absolute Gasteiger partial charge is 0.305 e. The van der Waals surface area contributed by atoms with Crippen LogP contribution in [0.25, 0.3) is 0 Å². The van der Waals surface area contributed by atoms with Gasteiger partial charge in [0.15, 0.2) is 5.78 Å². The number of benzene rings is 1. The molecular weight excluding hydrogens is 360 g/mol. The number of carbonyl (C=O) groups is 2. The Morgan fingerprint density at radius 1 is 1.00 bits per heavy atom. The number of rotatable bonds is 13. The average Bonchev–Trinajstić information content (AvgIpc) is 3.07. The van der Waals surface area contributed by atoms with Crippen LogP contribution in [0, 0.1) is 12.8 Å². The van der Waals surface area contributed by atoms with Crippen molar-refractivity contribution >= 4 is 11.8 Å². The molecule has 158 valence electrons. The van der Waals surface area contributed by atoms with Crippen molar-refractivity contribution in [3.05, 3.63) is 59.2 Å². The highest BCUT2D eigenvalue weighted by Gasteiger charge is 2.21. The summed E-state index contributed by atoms with van der Waals surface area (Å²) in [5.41, 5.74) is 3.72. The molecule has 0 aromatic heterocycles. The minimum absolute atomic E-state index is 0.126. The zero-order valence-corrected chi connectivity index (χ0v) is 18.1. The molecule has 0 saturated carbocycles. The van der Waals surface area contributed by atoms with Crippen LogP contribution in [-0.2, 0) is 20.7 Å². The lowest BCUT2D eigenvalue weighted by Gasteiger charge is -2.10. The summed E-state index contributed by atoms with van der Waals surface area (Å²) in [6.07, 6.45) is 17.3. The Kier molecular flexibility index (Phi) is 10.5.